The lowest BCUT2D eigenvalue weighted by molar-refractivity contribution is -0.384. The van der Waals surface area contributed by atoms with Crippen LogP contribution in [-0.4, -0.2) is 33.4 Å². The van der Waals surface area contributed by atoms with Crippen LogP contribution < -0.4 is 5.56 Å². The lowest BCUT2D eigenvalue weighted by atomic mass is 10.2. The highest BCUT2D eigenvalue weighted by molar-refractivity contribution is 7.20. The maximum atomic E-state index is 12.7. The molecule has 138 valence electrons. The molecule has 0 amide bonds. The van der Waals surface area contributed by atoms with Gasteiger partial charge in [-0.1, -0.05) is 0 Å². The van der Waals surface area contributed by atoms with E-state index in [9.17, 15) is 19.7 Å². The summed E-state index contributed by atoms with van der Waals surface area (Å²) in [6.45, 7) is 3.61. The quantitative estimate of drug-likeness (QED) is 0.288. The minimum atomic E-state index is -0.496. The zero-order valence-corrected chi connectivity index (χ0v) is 15.2. The predicted molar refractivity (Wildman–Crippen MR) is 101 cm³/mol. The topological polar surface area (TPSA) is 117 Å². The van der Waals surface area contributed by atoms with Crippen LogP contribution in [-0.2, 0) is 4.74 Å². The lowest BCUT2D eigenvalue weighted by Gasteiger charge is -2.00. The summed E-state index contributed by atoms with van der Waals surface area (Å²) in [6.07, 6.45) is 2.66. The van der Waals surface area contributed by atoms with Gasteiger partial charge >= 0.3 is 5.97 Å². The molecule has 0 spiro atoms. The maximum Gasteiger partial charge on any atom is 0.348 e. The number of non-ortho nitro benzene ring substituents is 1. The van der Waals surface area contributed by atoms with Crippen molar-refractivity contribution in [3.8, 4) is 0 Å². The Kier molecular flexibility index (Phi) is 5.08. The number of ether oxygens (including phenoxy) is 1. The van der Waals surface area contributed by atoms with Crippen LogP contribution in [0.4, 0.5) is 5.69 Å². The molecule has 0 aliphatic carbocycles. The van der Waals surface area contributed by atoms with Gasteiger partial charge in [0.2, 0.25) is 0 Å². The second-order valence-electron chi connectivity index (χ2n) is 5.44. The summed E-state index contributed by atoms with van der Waals surface area (Å²) in [5, 5.41) is 15.0. The molecule has 0 radical (unpaired) electrons. The van der Waals surface area contributed by atoms with Crippen molar-refractivity contribution in [3.63, 3.8) is 0 Å². The van der Waals surface area contributed by atoms with Crippen LogP contribution in [0, 0.1) is 17.0 Å². The number of fused-ring (bicyclic) bond motifs is 1. The fraction of sp³-hybridized carbons (Fsp3) is 0.176. The first-order chi connectivity index (χ1) is 12.9. The minimum Gasteiger partial charge on any atom is -0.462 e. The number of esters is 1. The van der Waals surface area contributed by atoms with E-state index in [2.05, 4.69) is 10.1 Å². The number of nitro benzene ring substituents is 1. The van der Waals surface area contributed by atoms with Crippen LogP contribution in [0.5, 0.6) is 0 Å². The molecule has 0 N–H and O–H groups in total. The smallest absolute Gasteiger partial charge is 0.348 e. The molecule has 27 heavy (non-hydrogen) atoms. The van der Waals surface area contributed by atoms with Gasteiger partial charge in [-0.05, 0) is 37.1 Å². The van der Waals surface area contributed by atoms with Crippen LogP contribution in [0.2, 0.25) is 0 Å². The van der Waals surface area contributed by atoms with Crippen LogP contribution in [0.1, 0.15) is 27.7 Å². The van der Waals surface area contributed by atoms with Gasteiger partial charge in [-0.3, -0.25) is 14.9 Å². The van der Waals surface area contributed by atoms with Crippen molar-refractivity contribution >= 4 is 39.4 Å². The molecule has 10 heteroatoms. The zero-order valence-electron chi connectivity index (χ0n) is 14.4. The largest absolute Gasteiger partial charge is 0.462 e. The molecule has 1 aromatic carbocycles. The minimum absolute atomic E-state index is 0.0344. The summed E-state index contributed by atoms with van der Waals surface area (Å²) in [4.78, 5) is 39.8. The van der Waals surface area contributed by atoms with Crippen molar-refractivity contribution in [3.05, 3.63) is 67.1 Å². The standard InChI is InChI=1S/C17H14N4O5S/c1-3-26-17(23)14-10(2)13-15(27-14)18-9-20(16(13)22)19-8-11-4-6-12(7-5-11)21(24)25/h4-9H,3H2,1-2H3. The molecule has 0 saturated carbocycles. The van der Waals surface area contributed by atoms with Crippen molar-refractivity contribution in [2.75, 3.05) is 6.61 Å². The second kappa shape index (κ2) is 7.46. The van der Waals surface area contributed by atoms with E-state index in [0.717, 1.165) is 16.0 Å². The molecule has 0 saturated heterocycles. The number of hydrogen-bond donors (Lipinski definition) is 0. The molecule has 3 aromatic rings. The van der Waals surface area contributed by atoms with E-state index in [1.807, 2.05) is 0 Å². The third kappa shape index (κ3) is 3.60. The number of nitrogens with zero attached hydrogens (tertiary/aromatic N) is 4. The fourth-order valence-electron chi connectivity index (χ4n) is 2.40. The molecule has 0 fully saturated rings. The molecule has 3 rings (SSSR count). The normalized spacial score (nSPS) is 11.2. The van der Waals surface area contributed by atoms with Gasteiger partial charge in [0.1, 0.15) is 16.0 Å². The fourth-order valence-corrected chi connectivity index (χ4v) is 3.43. The predicted octanol–water partition coefficient (Wildman–Crippen LogP) is 2.73. The summed E-state index contributed by atoms with van der Waals surface area (Å²) in [7, 11) is 0. The first kappa shape index (κ1) is 18.4. The molecular weight excluding hydrogens is 372 g/mol. The Morgan fingerprint density at radius 1 is 1.41 bits per heavy atom. The molecule has 0 atom stereocenters. The highest BCUT2D eigenvalue weighted by Gasteiger charge is 2.20. The molecule has 0 bridgehead atoms. The Morgan fingerprint density at radius 2 is 2.11 bits per heavy atom. The van der Waals surface area contributed by atoms with E-state index in [1.54, 1.807) is 13.8 Å². The Balaban J connectivity index is 1.97. The number of carbonyl (C=O) groups excluding carboxylic acids is 1. The van der Waals surface area contributed by atoms with Crippen LogP contribution >= 0.6 is 11.3 Å². The van der Waals surface area contributed by atoms with Crippen LogP contribution in [0.15, 0.2) is 40.5 Å². The van der Waals surface area contributed by atoms with Gasteiger partial charge in [-0.15, -0.1) is 11.3 Å². The van der Waals surface area contributed by atoms with E-state index in [1.165, 1.54) is 36.8 Å². The number of thiophene rings is 1. The van der Waals surface area contributed by atoms with Crippen molar-refractivity contribution in [2.45, 2.75) is 13.8 Å². The molecule has 2 heterocycles. The van der Waals surface area contributed by atoms with Gasteiger partial charge in [0.15, 0.2) is 0 Å². The van der Waals surface area contributed by atoms with E-state index < -0.39 is 16.5 Å². The van der Waals surface area contributed by atoms with Crippen LogP contribution in [0.25, 0.3) is 10.2 Å². The second-order valence-corrected chi connectivity index (χ2v) is 6.44. The molecule has 9 nitrogen and oxygen atoms in total. The Morgan fingerprint density at radius 3 is 2.74 bits per heavy atom. The van der Waals surface area contributed by atoms with Crippen LogP contribution in [0.3, 0.4) is 0 Å². The number of carbonyl (C=O) groups is 1. The summed E-state index contributed by atoms with van der Waals surface area (Å²) < 4.78 is 6.05. The SMILES string of the molecule is CCOC(=O)c1sc2ncn(N=Cc3ccc([N+](=O)[O-])cc3)c(=O)c2c1C. The van der Waals surface area contributed by atoms with Gasteiger partial charge in [0.05, 0.1) is 23.1 Å². The van der Waals surface area contributed by atoms with Crippen molar-refractivity contribution in [2.24, 2.45) is 5.10 Å². The third-order valence-corrected chi connectivity index (χ3v) is 4.91. The first-order valence-electron chi connectivity index (χ1n) is 7.89. The number of aromatic nitrogens is 2. The lowest BCUT2D eigenvalue weighted by Crippen LogP contribution is -2.17. The number of aryl methyl sites for hydroxylation is 1. The van der Waals surface area contributed by atoms with Crippen molar-refractivity contribution in [1.82, 2.24) is 9.66 Å². The summed E-state index contributed by atoms with van der Waals surface area (Å²) in [6, 6.07) is 5.74. The summed E-state index contributed by atoms with van der Waals surface area (Å²) in [5.74, 6) is -0.488. The van der Waals surface area contributed by atoms with E-state index >= 15 is 0 Å². The molecule has 0 unspecified atom stereocenters. The van der Waals surface area contributed by atoms with Gasteiger partial charge in [-0.2, -0.15) is 9.78 Å². The Labute approximate surface area is 156 Å². The highest BCUT2D eigenvalue weighted by Crippen LogP contribution is 2.27. The average Bonchev–Trinajstić information content (AvgIpc) is 2.99. The molecule has 0 aliphatic heterocycles. The molecule has 2 aromatic heterocycles. The number of rotatable bonds is 5. The molecule has 0 aliphatic rings. The van der Waals surface area contributed by atoms with Gasteiger partial charge in [-0.25, -0.2) is 9.78 Å². The zero-order chi connectivity index (χ0) is 19.6. The van der Waals surface area contributed by atoms with Crippen molar-refractivity contribution < 1.29 is 14.5 Å². The summed E-state index contributed by atoms with van der Waals surface area (Å²) >= 11 is 1.10. The van der Waals surface area contributed by atoms with Crippen molar-refractivity contribution in [1.29, 1.82) is 0 Å². The van der Waals surface area contributed by atoms with Gasteiger partial charge < -0.3 is 4.74 Å². The Bertz CT molecular complexity index is 1110. The third-order valence-electron chi connectivity index (χ3n) is 3.73. The number of hydrogen-bond acceptors (Lipinski definition) is 8. The maximum absolute atomic E-state index is 12.7. The Hall–Kier alpha value is -3.40. The van der Waals surface area contributed by atoms with E-state index in [-0.39, 0.29) is 12.3 Å². The van der Waals surface area contributed by atoms with Gasteiger partial charge in [0.25, 0.3) is 11.2 Å². The first-order valence-corrected chi connectivity index (χ1v) is 8.70. The monoisotopic (exact) mass is 386 g/mol. The highest BCUT2D eigenvalue weighted by atomic mass is 32.1. The number of benzene rings is 1. The summed E-state index contributed by atoms with van der Waals surface area (Å²) in [5.41, 5.74) is 0.642. The van der Waals surface area contributed by atoms with Gasteiger partial charge in [0, 0.05) is 12.1 Å². The van der Waals surface area contributed by atoms with E-state index in [0.29, 0.717) is 26.2 Å². The van der Waals surface area contributed by atoms with E-state index in [4.69, 9.17) is 4.74 Å². The molecular formula is C17H14N4O5S. The average molecular weight is 386 g/mol. The number of nitro groups is 1.